The monoisotopic (exact) mass is 349 g/mol. The van der Waals surface area contributed by atoms with Gasteiger partial charge in [0.1, 0.15) is 11.6 Å². The van der Waals surface area contributed by atoms with E-state index in [1.165, 1.54) is 0 Å². The summed E-state index contributed by atoms with van der Waals surface area (Å²) in [7, 11) is 1.69. The molecule has 0 spiro atoms. The van der Waals surface area contributed by atoms with Gasteiger partial charge >= 0.3 is 0 Å². The van der Waals surface area contributed by atoms with Crippen molar-refractivity contribution in [2.75, 3.05) is 20.2 Å². The maximum Gasteiger partial charge on any atom is 0.155 e. The number of benzene rings is 1. The van der Waals surface area contributed by atoms with Gasteiger partial charge in [-0.15, -0.1) is 0 Å². The maximum atomic E-state index is 5.47. The number of pyridine rings is 1. The van der Waals surface area contributed by atoms with Crippen LogP contribution in [-0.2, 0) is 6.42 Å². The van der Waals surface area contributed by atoms with Gasteiger partial charge in [-0.25, -0.2) is 9.67 Å². The van der Waals surface area contributed by atoms with Gasteiger partial charge in [-0.2, -0.15) is 5.10 Å². The van der Waals surface area contributed by atoms with Crippen LogP contribution in [0.25, 0.3) is 5.69 Å². The molecule has 1 saturated heterocycles. The number of hydrogen-bond donors (Lipinski definition) is 1. The molecular weight excluding hydrogens is 326 g/mol. The summed E-state index contributed by atoms with van der Waals surface area (Å²) in [5.74, 6) is 3.04. The second-order valence-electron chi connectivity index (χ2n) is 6.54. The Labute approximate surface area is 153 Å². The summed E-state index contributed by atoms with van der Waals surface area (Å²) in [4.78, 5) is 9.15. The molecule has 26 heavy (non-hydrogen) atoms. The summed E-state index contributed by atoms with van der Waals surface area (Å²) in [6.45, 7) is 2.01. The SMILES string of the molecule is COc1ccccc1Cc1nc([C@H]2CCCNC2)n(-c2cccnc2)n1. The standard InChI is InChI=1S/C20H23N5O/c1-26-18-9-3-2-6-15(18)12-19-23-20(16-7-4-10-21-13-16)25(24-19)17-8-5-11-22-14-17/h2-3,5-6,8-9,11,14,16,21H,4,7,10,12-13H2,1H3/t16-/m0/s1. The number of rotatable bonds is 5. The number of aromatic nitrogens is 4. The molecule has 0 unspecified atom stereocenters. The fourth-order valence-corrected chi connectivity index (χ4v) is 3.47. The summed E-state index contributed by atoms with van der Waals surface area (Å²) in [6.07, 6.45) is 6.54. The highest BCUT2D eigenvalue weighted by Gasteiger charge is 2.23. The number of para-hydroxylation sites is 1. The third-order valence-electron chi connectivity index (χ3n) is 4.77. The van der Waals surface area contributed by atoms with Gasteiger partial charge in [0, 0.05) is 30.6 Å². The molecule has 2 aromatic heterocycles. The van der Waals surface area contributed by atoms with E-state index in [0.29, 0.717) is 12.3 Å². The molecule has 134 valence electrons. The van der Waals surface area contributed by atoms with Gasteiger partial charge in [0.25, 0.3) is 0 Å². The minimum absolute atomic E-state index is 0.364. The zero-order chi connectivity index (χ0) is 17.8. The number of methoxy groups -OCH3 is 1. The van der Waals surface area contributed by atoms with E-state index in [0.717, 1.165) is 54.6 Å². The molecule has 3 heterocycles. The molecule has 1 fully saturated rings. The molecule has 0 aliphatic carbocycles. The first-order valence-electron chi connectivity index (χ1n) is 9.04. The van der Waals surface area contributed by atoms with Gasteiger partial charge < -0.3 is 10.1 Å². The van der Waals surface area contributed by atoms with E-state index < -0.39 is 0 Å². The Morgan fingerprint density at radius 2 is 2.15 bits per heavy atom. The predicted molar refractivity (Wildman–Crippen MR) is 99.8 cm³/mol. The van der Waals surface area contributed by atoms with E-state index in [9.17, 15) is 0 Å². The Bertz CT molecular complexity index is 856. The van der Waals surface area contributed by atoms with E-state index in [-0.39, 0.29) is 0 Å². The number of hydrogen-bond acceptors (Lipinski definition) is 5. The van der Waals surface area contributed by atoms with Gasteiger partial charge in [-0.1, -0.05) is 18.2 Å². The van der Waals surface area contributed by atoms with Crippen LogP contribution >= 0.6 is 0 Å². The van der Waals surface area contributed by atoms with Crippen molar-refractivity contribution in [3.8, 4) is 11.4 Å². The van der Waals surface area contributed by atoms with Crippen LogP contribution in [0.2, 0.25) is 0 Å². The Hall–Kier alpha value is -2.73. The van der Waals surface area contributed by atoms with Gasteiger partial charge in [0.05, 0.1) is 19.0 Å². The first-order chi connectivity index (χ1) is 12.8. The molecule has 3 aromatic rings. The zero-order valence-electron chi connectivity index (χ0n) is 14.9. The lowest BCUT2D eigenvalue weighted by Crippen LogP contribution is -2.30. The van der Waals surface area contributed by atoms with Crippen LogP contribution in [0.5, 0.6) is 5.75 Å². The zero-order valence-corrected chi connectivity index (χ0v) is 14.9. The molecule has 1 aliphatic heterocycles. The van der Waals surface area contributed by atoms with Crippen molar-refractivity contribution < 1.29 is 4.74 Å². The van der Waals surface area contributed by atoms with Gasteiger partial charge in [0.2, 0.25) is 0 Å². The van der Waals surface area contributed by atoms with E-state index in [1.54, 1.807) is 13.3 Å². The number of nitrogens with one attached hydrogen (secondary N) is 1. The lowest BCUT2D eigenvalue weighted by molar-refractivity contribution is 0.410. The molecule has 1 aromatic carbocycles. The van der Waals surface area contributed by atoms with Crippen molar-refractivity contribution in [2.45, 2.75) is 25.2 Å². The third-order valence-corrected chi connectivity index (χ3v) is 4.77. The minimum atomic E-state index is 0.364. The normalized spacial score (nSPS) is 17.2. The Kier molecular flexibility index (Phi) is 4.93. The average molecular weight is 349 g/mol. The lowest BCUT2D eigenvalue weighted by atomic mass is 9.99. The first-order valence-corrected chi connectivity index (χ1v) is 9.04. The number of piperidine rings is 1. The summed E-state index contributed by atoms with van der Waals surface area (Å²) < 4.78 is 7.43. The molecule has 1 N–H and O–H groups in total. The molecule has 6 heteroatoms. The largest absolute Gasteiger partial charge is 0.496 e. The van der Waals surface area contributed by atoms with Crippen molar-refractivity contribution in [1.82, 2.24) is 25.1 Å². The highest BCUT2D eigenvalue weighted by Crippen LogP contribution is 2.26. The molecule has 1 atom stereocenters. The Morgan fingerprint density at radius 3 is 2.92 bits per heavy atom. The summed E-state index contributed by atoms with van der Waals surface area (Å²) >= 11 is 0. The quantitative estimate of drug-likeness (QED) is 0.767. The molecule has 1 aliphatic rings. The van der Waals surface area contributed by atoms with Crippen LogP contribution < -0.4 is 10.1 Å². The van der Waals surface area contributed by atoms with Crippen molar-refractivity contribution in [3.05, 3.63) is 66.0 Å². The van der Waals surface area contributed by atoms with Crippen LogP contribution in [0.3, 0.4) is 0 Å². The highest BCUT2D eigenvalue weighted by molar-refractivity contribution is 5.36. The van der Waals surface area contributed by atoms with Crippen molar-refractivity contribution in [3.63, 3.8) is 0 Å². The van der Waals surface area contributed by atoms with Crippen LogP contribution in [0.1, 0.15) is 36.0 Å². The summed E-state index contributed by atoms with van der Waals surface area (Å²) in [6, 6.07) is 12.0. The minimum Gasteiger partial charge on any atom is -0.496 e. The van der Waals surface area contributed by atoms with Crippen LogP contribution in [0.4, 0.5) is 0 Å². The lowest BCUT2D eigenvalue weighted by Gasteiger charge is -2.22. The second-order valence-corrected chi connectivity index (χ2v) is 6.54. The molecule has 0 bridgehead atoms. The van der Waals surface area contributed by atoms with E-state index in [1.807, 2.05) is 41.2 Å². The van der Waals surface area contributed by atoms with Crippen LogP contribution in [0.15, 0.2) is 48.8 Å². The summed E-state index contributed by atoms with van der Waals surface area (Å²) in [5.41, 5.74) is 2.04. The fraction of sp³-hybridized carbons (Fsp3) is 0.350. The van der Waals surface area contributed by atoms with Crippen molar-refractivity contribution in [2.24, 2.45) is 0 Å². The van der Waals surface area contributed by atoms with E-state index >= 15 is 0 Å². The Morgan fingerprint density at radius 1 is 1.23 bits per heavy atom. The summed E-state index contributed by atoms with van der Waals surface area (Å²) in [5, 5.41) is 8.28. The molecule has 0 radical (unpaired) electrons. The Balaban J connectivity index is 1.71. The van der Waals surface area contributed by atoms with Crippen molar-refractivity contribution >= 4 is 0 Å². The first kappa shape index (κ1) is 16.7. The van der Waals surface area contributed by atoms with Gasteiger partial charge in [0.15, 0.2) is 5.82 Å². The smallest absolute Gasteiger partial charge is 0.155 e. The molecule has 0 saturated carbocycles. The third kappa shape index (κ3) is 3.46. The molecule has 0 amide bonds. The predicted octanol–water partition coefficient (Wildman–Crippen LogP) is 2.73. The van der Waals surface area contributed by atoms with E-state index in [2.05, 4.69) is 16.4 Å². The van der Waals surface area contributed by atoms with Gasteiger partial charge in [-0.3, -0.25) is 4.98 Å². The van der Waals surface area contributed by atoms with Crippen LogP contribution in [0, 0.1) is 0 Å². The maximum absolute atomic E-state index is 5.47. The topological polar surface area (TPSA) is 64.9 Å². The molecular formula is C20H23N5O. The highest BCUT2D eigenvalue weighted by atomic mass is 16.5. The fourth-order valence-electron chi connectivity index (χ4n) is 3.47. The van der Waals surface area contributed by atoms with Gasteiger partial charge in [-0.05, 0) is 37.6 Å². The number of nitrogens with zero attached hydrogens (tertiary/aromatic N) is 4. The average Bonchev–Trinajstić information content (AvgIpc) is 3.13. The van der Waals surface area contributed by atoms with Crippen molar-refractivity contribution in [1.29, 1.82) is 0 Å². The van der Waals surface area contributed by atoms with E-state index in [4.69, 9.17) is 14.8 Å². The van der Waals surface area contributed by atoms with Crippen LogP contribution in [-0.4, -0.2) is 39.9 Å². The number of ether oxygens (including phenoxy) is 1. The molecule has 6 nitrogen and oxygen atoms in total. The second kappa shape index (κ2) is 7.66. The molecule has 4 rings (SSSR count).